The SMILES string of the molecule is COC1CCN(Cc2cccc3c2CCNC3)C1. The van der Waals surface area contributed by atoms with Crippen molar-refractivity contribution in [2.45, 2.75) is 32.0 Å². The lowest BCUT2D eigenvalue weighted by Gasteiger charge is -2.23. The molecule has 1 atom stereocenters. The zero-order valence-electron chi connectivity index (χ0n) is 11.1. The van der Waals surface area contributed by atoms with Gasteiger partial charge in [0.2, 0.25) is 0 Å². The molecule has 0 spiro atoms. The highest BCUT2D eigenvalue weighted by Crippen LogP contribution is 2.22. The zero-order valence-corrected chi connectivity index (χ0v) is 11.1. The van der Waals surface area contributed by atoms with Crippen LogP contribution in [0.5, 0.6) is 0 Å². The average Bonchev–Trinajstić information content (AvgIpc) is 2.87. The summed E-state index contributed by atoms with van der Waals surface area (Å²) in [5.74, 6) is 0. The molecule has 0 amide bonds. The number of rotatable bonds is 3. The Kier molecular flexibility index (Phi) is 3.64. The third-order valence-corrected chi connectivity index (χ3v) is 4.19. The van der Waals surface area contributed by atoms with Crippen LogP contribution < -0.4 is 5.32 Å². The number of likely N-dealkylation sites (tertiary alicyclic amines) is 1. The van der Waals surface area contributed by atoms with Gasteiger partial charge in [-0.15, -0.1) is 0 Å². The number of hydrogen-bond donors (Lipinski definition) is 1. The van der Waals surface area contributed by atoms with Gasteiger partial charge in [-0.25, -0.2) is 0 Å². The molecule has 1 aromatic carbocycles. The van der Waals surface area contributed by atoms with E-state index in [1.54, 1.807) is 5.56 Å². The molecule has 2 aliphatic heterocycles. The highest BCUT2D eigenvalue weighted by atomic mass is 16.5. The standard InChI is InChI=1S/C15H22N2O/c1-18-14-6-8-17(11-14)10-13-4-2-3-12-9-16-7-5-15(12)13/h2-4,14,16H,5-11H2,1H3. The van der Waals surface area contributed by atoms with Crippen LogP contribution in [0.15, 0.2) is 18.2 Å². The van der Waals surface area contributed by atoms with E-state index in [-0.39, 0.29) is 0 Å². The first-order chi connectivity index (χ1) is 8.86. The summed E-state index contributed by atoms with van der Waals surface area (Å²) in [5.41, 5.74) is 4.59. The van der Waals surface area contributed by atoms with Crippen molar-refractivity contribution in [1.82, 2.24) is 10.2 Å². The van der Waals surface area contributed by atoms with Crippen molar-refractivity contribution >= 4 is 0 Å². The third kappa shape index (κ3) is 2.44. The van der Waals surface area contributed by atoms with E-state index >= 15 is 0 Å². The molecule has 1 unspecified atom stereocenters. The molecule has 2 aliphatic rings. The van der Waals surface area contributed by atoms with Crippen LogP contribution in [0.4, 0.5) is 0 Å². The van der Waals surface area contributed by atoms with Gasteiger partial charge in [-0.2, -0.15) is 0 Å². The number of nitrogens with zero attached hydrogens (tertiary/aromatic N) is 1. The van der Waals surface area contributed by atoms with Gasteiger partial charge >= 0.3 is 0 Å². The molecule has 1 N–H and O–H groups in total. The molecule has 3 nitrogen and oxygen atoms in total. The molecule has 0 bridgehead atoms. The molecule has 0 saturated carbocycles. The summed E-state index contributed by atoms with van der Waals surface area (Å²) in [6.45, 7) is 5.48. The van der Waals surface area contributed by atoms with E-state index in [4.69, 9.17) is 4.74 Å². The van der Waals surface area contributed by atoms with Gasteiger partial charge in [0.15, 0.2) is 0 Å². The fourth-order valence-corrected chi connectivity index (χ4v) is 3.13. The minimum atomic E-state index is 0.436. The molecule has 0 radical (unpaired) electrons. The normalized spacial score (nSPS) is 24.2. The monoisotopic (exact) mass is 246 g/mol. The predicted molar refractivity (Wildman–Crippen MR) is 72.5 cm³/mol. The van der Waals surface area contributed by atoms with Gasteiger partial charge in [-0.3, -0.25) is 4.90 Å². The van der Waals surface area contributed by atoms with Crippen LogP contribution in [0.25, 0.3) is 0 Å². The largest absolute Gasteiger partial charge is 0.380 e. The molecular weight excluding hydrogens is 224 g/mol. The van der Waals surface area contributed by atoms with Crippen molar-refractivity contribution in [2.75, 3.05) is 26.7 Å². The zero-order chi connectivity index (χ0) is 12.4. The summed E-state index contributed by atoms with van der Waals surface area (Å²) in [7, 11) is 1.82. The molecule has 1 fully saturated rings. The van der Waals surface area contributed by atoms with Crippen LogP contribution >= 0.6 is 0 Å². The number of hydrogen-bond acceptors (Lipinski definition) is 3. The van der Waals surface area contributed by atoms with Crippen molar-refractivity contribution in [3.8, 4) is 0 Å². The van der Waals surface area contributed by atoms with E-state index < -0.39 is 0 Å². The number of benzene rings is 1. The van der Waals surface area contributed by atoms with Crippen LogP contribution in [0.1, 0.15) is 23.1 Å². The molecule has 1 aromatic rings. The van der Waals surface area contributed by atoms with Gasteiger partial charge in [0.1, 0.15) is 0 Å². The number of fused-ring (bicyclic) bond motifs is 1. The van der Waals surface area contributed by atoms with E-state index in [1.807, 2.05) is 7.11 Å². The van der Waals surface area contributed by atoms with Crippen molar-refractivity contribution in [2.24, 2.45) is 0 Å². The van der Waals surface area contributed by atoms with Crippen LogP contribution in [-0.2, 0) is 24.2 Å². The van der Waals surface area contributed by atoms with Crippen molar-refractivity contribution in [3.63, 3.8) is 0 Å². The van der Waals surface area contributed by atoms with Gasteiger partial charge in [0, 0.05) is 33.3 Å². The Hall–Kier alpha value is -0.900. The average molecular weight is 246 g/mol. The third-order valence-electron chi connectivity index (χ3n) is 4.19. The Morgan fingerprint density at radius 2 is 2.39 bits per heavy atom. The Morgan fingerprint density at radius 3 is 3.22 bits per heavy atom. The van der Waals surface area contributed by atoms with E-state index in [0.29, 0.717) is 6.10 Å². The predicted octanol–water partition coefficient (Wildman–Crippen LogP) is 1.55. The molecule has 0 aromatic heterocycles. The van der Waals surface area contributed by atoms with Gasteiger partial charge < -0.3 is 10.1 Å². The molecule has 3 heteroatoms. The number of nitrogens with one attached hydrogen (secondary N) is 1. The molecule has 1 saturated heterocycles. The van der Waals surface area contributed by atoms with Crippen LogP contribution in [0.2, 0.25) is 0 Å². The lowest BCUT2D eigenvalue weighted by molar-refractivity contribution is 0.107. The first-order valence-corrected chi connectivity index (χ1v) is 6.92. The van der Waals surface area contributed by atoms with E-state index in [1.165, 1.54) is 30.5 Å². The molecule has 2 heterocycles. The Balaban J connectivity index is 1.73. The summed E-state index contributed by atoms with van der Waals surface area (Å²) >= 11 is 0. The lowest BCUT2D eigenvalue weighted by Crippen LogP contribution is -2.27. The summed E-state index contributed by atoms with van der Waals surface area (Å²) in [4.78, 5) is 2.52. The first kappa shape index (κ1) is 12.2. The quantitative estimate of drug-likeness (QED) is 0.876. The Morgan fingerprint density at radius 1 is 1.44 bits per heavy atom. The van der Waals surface area contributed by atoms with Gasteiger partial charge in [0.25, 0.3) is 0 Å². The number of ether oxygens (including phenoxy) is 1. The minimum Gasteiger partial charge on any atom is -0.380 e. The topological polar surface area (TPSA) is 24.5 Å². The van der Waals surface area contributed by atoms with Gasteiger partial charge in [-0.1, -0.05) is 18.2 Å². The molecule has 0 aliphatic carbocycles. The number of methoxy groups -OCH3 is 1. The fraction of sp³-hybridized carbons (Fsp3) is 0.600. The smallest absolute Gasteiger partial charge is 0.0710 e. The van der Waals surface area contributed by atoms with Crippen LogP contribution in [0, 0.1) is 0 Å². The van der Waals surface area contributed by atoms with E-state index in [9.17, 15) is 0 Å². The highest BCUT2D eigenvalue weighted by Gasteiger charge is 2.23. The molecule has 98 valence electrons. The fourth-order valence-electron chi connectivity index (χ4n) is 3.13. The lowest BCUT2D eigenvalue weighted by atomic mass is 9.95. The summed E-state index contributed by atoms with van der Waals surface area (Å²) in [6, 6.07) is 6.75. The minimum absolute atomic E-state index is 0.436. The first-order valence-electron chi connectivity index (χ1n) is 6.92. The maximum Gasteiger partial charge on any atom is 0.0710 e. The molecular formula is C15H22N2O. The Bertz CT molecular complexity index is 419. The second kappa shape index (κ2) is 5.39. The maximum absolute atomic E-state index is 5.44. The van der Waals surface area contributed by atoms with E-state index in [0.717, 1.165) is 26.2 Å². The second-order valence-corrected chi connectivity index (χ2v) is 5.36. The van der Waals surface area contributed by atoms with Crippen LogP contribution in [-0.4, -0.2) is 37.7 Å². The summed E-state index contributed by atoms with van der Waals surface area (Å²) < 4.78 is 5.44. The van der Waals surface area contributed by atoms with Crippen molar-refractivity contribution in [1.29, 1.82) is 0 Å². The second-order valence-electron chi connectivity index (χ2n) is 5.36. The van der Waals surface area contributed by atoms with Crippen LogP contribution in [0.3, 0.4) is 0 Å². The van der Waals surface area contributed by atoms with E-state index in [2.05, 4.69) is 28.4 Å². The summed E-state index contributed by atoms with van der Waals surface area (Å²) in [6.07, 6.45) is 2.78. The van der Waals surface area contributed by atoms with Gasteiger partial charge in [-0.05, 0) is 36.1 Å². The van der Waals surface area contributed by atoms with Crippen molar-refractivity contribution < 1.29 is 4.74 Å². The molecule has 18 heavy (non-hydrogen) atoms. The van der Waals surface area contributed by atoms with Crippen molar-refractivity contribution in [3.05, 3.63) is 34.9 Å². The van der Waals surface area contributed by atoms with Gasteiger partial charge in [0.05, 0.1) is 6.10 Å². The Labute approximate surface area is 109 Å². The summed E-state index contributed by atoms with van der Waals surface area (Å²) in [5, 5.41) is 3.44. The molecule has 3 rings (SSSR count). The highest BCUT2D eigenvalue weighted by molar-refractivity contribution is 5.37. The maximum atomic E-state index is 5.44.